The Labute approximate surface area is 70.0 Å². The predicted molar refractivity (Wildman–Crippen MR) is 32.3 cm³/mol. The summed E-state index contributed by atoms with van der Waals surface area (Å²) < 4.78 is 38.1. The lowest BCUT2D eigenvalue weighted by atomic mass is 10.7. The molecule has 0 aliphatic heterocycles. The van der Waals surface area contributed by atoms with E-state index in [0.717, 1.165) is 0 Å². The molecule has 10 heavy (non-hydrogen) atoms. The zero-order valence-corrected chi connectivity index (χ0v) is 6.60. The summed E-state index contributed by atoms with van der Waals surface area (Å²) >= 11 is 14.3. The third-order valence-corrected chi connectivity index (χ3v) is 1.04. The molecule has 0 aromatic heterocycles. The van der Waals surface area contributed by atoms with Gasteiger partial charge in [0, 0.05) is 0 Å². The van der Waals surface area contributed by atoms with Crippen LogP contribution < -0.4 is 0 Å². The smallest absolute Gasteiger partial charge is 0.320 e. The van der Waals surface area contributed by atoms with Crippen LogP contribution in [0.25, 0.3) is 0 Å². The number of hydrogen-bond donors (Lipinski definition) is 0. The maximum atomic E-state index is 11.4. The van der Waals surface area contributed by atoms with Crippen LogP contribution in [0.2, 0.25) is 0 Å². The van der Waals surface area contributed by atoms with Crippen LogP contribution in [0.3, 0.4) is 0 Å². The molecule has 0 bridgehead atoms. The van der Waals surface area contributed by atoms with Gasteiger partial charge in [-0.1, -0.05) is 34.8 Å². The first-order chi connectivity index (χ1) is 4.34. The normalized spacial score (nSPS) is 15.9. The van der Waals surface area contributed by atoms with Crippen LogP contribution in [0.1, 0.15) is 0 Å². The first kappa shape index (κ1) is 10.6. The Hall–Kier alpha value is 0.620. The second-order valence-electron chi connectivity index (χ2n) is 1.25. The molecular weight excluding hydrogens is 215 g/mol. The highest BCUT2D eigenvalue weighted by Gasteiger charge is 2.40. The van der Waals surface area contributed by atoms with Crippen molar-refractivity contribution in [2.45, 2.75) is 16.8 Å². The molecule has 0 heterocycles. The van der Waals surface area contributed by atoms with Gasteiger partial charge in [-0.3, -0.25) is 0 Å². The minimum atomic E-state index is -4.64. The lowest BCUT2D eigenvalue weighted by Gasteiger charge is -2.14. The summed E-state index contributed by atoms with van der Waals surface area (Å²) in [6.45, 7) is 0. The van der Waals surface area contributed by atoms with E-state index in [1.54, 1.807) is 0 Å². The Kier molecular flexibility index (Phi) is 4.09. The van der Waals surface area contributed by atoms with Gasteiger partial charge in [0.2, 0.25) is 10.6 Å². The fourth-order valence-electron chi connectivity index (χ4n) is 0.167. The zero-order valence-electron chi connectivity index (χ0n) is 4.33. The molecule has 0 aliphatic carbocycles. The van der Waals surface area contributed by atoms with Crippen molar-refractivity contribution in [1.29, 1.82) is 0 Å². The highest BCUT2D eigenvalue weighted by atomic mass is 35.5. The van der Waals surface area contributed by atoms with Crippen LogP contribution in [-0.4, -0.2) is 16.8 Å². The largest absolute Gasteiger partial charge is 0.428 e. The van der Waals surface area contributed by atoms with Crippen molar-refractivity contribution in [3.8, 4) is 0 Å². The average molecular weight is 217 g/mol. The highest BCUT2D eigenvalue weighted by molar-refractivity contribution is 6.43. The molecule has 1 atom stereocenters. The van der Waals surface area contributed by atoms with Gasteiger partial charge in [-0.05, 0) is 0 Å². The van der Waals surface area contributed by atoms with Gasteiger partial charge in [0.1, 0.15) is 0 Å². The Morgan fingerprint density at radius 3 is 1.60 bits per heavy atom. The average Bonchev–Trinajstić information content (AvgIpc) is 1.60. The van der Waals surface area contributed by atoms with Gasteiger partial charge < -0.3 is 4.74 Å². The lowest BCUT2D eigenvalue weighted by Crippen LogP contribution is -2.27. The minimum Gasteiger partial charge on any atom is -0.320 e. The summed E-state index contributed by atoms with van der Waals surface area (Å²) in [7, 11) is 0. The van der Waals surface area contributed by atoms with E-state index in [2.05, 4.69) is 16.3 Å². The molecule has 0 fully saturated rings. The van der Waals surface area contributed by atoms with Crippen LogP contribution >= 0.6 is 34.8 Å². The molecule has 0 amide bonds. The van der Waals surface area contributed by atoms with Crippen molar-refractivity contribution in [3.05, 3.63) is 0 Å². The molecule has 0 radical (unpaired) electrons. The maximum Gasteiger partial charge on any atom is 0.428 e. The first-order valence-electron chi connectivity index (χ1n) is 1.98. The molecule has 0 rings (SSSR count). The summed E-state index contributed by atoms with van der Waals surface area (Å²) in [5, 5.41) is -1.57. The van der Waals surface area contributed by atoms with Crippen molar-refractivity contribution >= 4 is 34.8 Å². The van der Waals surface area contributed by atoms with E-state index in [1.807, 2.05) is 0 Å². The van der Waals surface area contributed by atoms with Crippen molar-refractivity contribution in [1.82, 2.24) is 0 Å². The summed E-state index contributed by atoms with van der Waals surface area (Å²) in [5.74, 6) is 0. The van der Waals surface area contributed by atoms with E-state index in [9.17, 15) is 13.2 Å². The van der Waals surface area contributed by atoms with E-state index < -0.39 is 16.8 Å². The molecular formula is C3H2Cl3F3O. The molecule has 1 nitrogen and oxygen atoms in total. The van der Waals surface area contributed by atoms with Crippen LogP contribution in [0.4, 0.5) is 13.2 Å². The molecule has 0 aromatic rings. The topological polar surface area (TPSA) is 9.23 Å². The third kappa shape index (κ3) is 4.44. The number of ether oxygens (including phenoxy) is 1. The van der Waals surface area contributed by atoms with E-state index in [1.165, 1.54) is 0 Å². The van der Waals surface area contributed by atoms with Crippen molar-refractivity contribution < 1.29 is 17.9 Å². The Morgan fingerprint density at radius 2 is 1.50 bits per heavy atom. The van der Waals surface area contributed by atoms with Gasteiger partial charge in [-0.25, -0.2) is 0 Å². The molecule has 7 heteroatoms. The molecule has 1 unspecified atom stereocenters. The number of alkyl halides is 6. The molecule has 0 aliphatic rings. The molecule has 0 N–H and O–H groups in total. The minimum absolute atomic E-state index is 1.57. The van der Waals surface area contributed by atoms with Crippen molar-refractivity contribution in [3.63, 3.8) is 0 Å². The highest BCUT2D eigenvalue weighted by Crippen LogP contribution is 2.27. The van der Waals surface area contributed by atoms with Gasteiger partial charge in [-0.15, -0.1) is 0 Å². The van der Waals surface area contributed by atoms with E-state index in [-0.39, 0.29) is 0 Å². The van der Waals surface area contributed by atoms with Crippen LogP contribution in [0, 0.1) is 0 Å². The lowest BCUT2D eigenvalue weighted by molar-refractivity contribution is -0.190. The standard InChI is InChI=1S/C3H2Cl3F3O/c4-1(3(7,8)9)10-2(5)6/h1-2H. The molecule has 0 aromatic carbocycles. The van der Waals surface area contributed by atoms with E-state index >= 15 is 0 Å². The predicted octanol–water partition coefficient (Wildman–Crippen LogP) is 2.89. The second kappa shape index (κ2) is 3.85. The van der Waals surface area contributed by atoms with Gasteiger partial charge in [0.05, 0.1) is 0 Å². The van der Waals surface area contributed by atoms with Gasteiger partial charge >= 0.3 is 6.18 Å². The fraction of sp³-hybridized carbons (Fsp3) is 1.00. The molecule has 0 spiro atoms. The third-order valence-electron chi connectivity index (χ3n) is 0.480. The van der Waals surface area contributed by atoms with Crippen molar-refractivity contribution in [2.75, 3.05) is 0 Å². The Morgan fingerprint density at radius 1 is 1.10 bits per heavy atom. The van der Waals surface area contributed by atoms with Gasteiger partial charge in [0.25, 0.3) is 0 Å². The number of halogens is 6. The number of hydrogen-bond acceptors (Lipinski definition) is 1. The fourth-order valence-corrected chi connectivity index (χ4v) is 0.581. The second-order valence-corrected chi connectivity index (χ2v) is 2.67. The first-order valence-corrected chi connectivity index (χ1v) is 3.29. The monoisotopic (exact) mass is 216 g/mol. The summed E-state index contributed by atoms with van der Waals surface area (Å²) in [6, 6.07) is 0. The van der Waals surface area contributed by atoms with Gasteiger partial charge in [0.15, 0.2) is 0 Å². The summed E-state index contributed by atoms with van der Waals surface area (Å²) in [5.41, 5.74) is -2.45. The zero-order chi connectivity index (χ0) is 8.36. The molecule has 0 saturated heterocycles. The number of rotatable bonds is 2. The Balaban J connectivity index is 3.73. The van der Waals surface area contributed by atoms with E-state index in [0.29, 0.717) is 0 Å². The van der Waals surface area contributed by atoms with Crippen LogP contribution in [0.5, 0.6) is 0 Å². The van der Waals surface area contributed by atoms with Gasteiger partial charge in [-0.2, -0.15) is 13.2 Å². The van der Waals surface area contributed by atoms with Crippen molar-refractivity contribution in [2.24, 2.45) is 0 Å². The maximum absolute atomic E-state index is 11.4. The SMILES string of the molecule is FC(F)(F)C(Cl)OC(Cl)Cl. The summed E-state index contributed by atoms with van der Waals surface area (Å²) in [4.78, 5) is 0. The van der Waals surface area contributed by atoms with E-state index in [4.69, 9.17) is 23.2 Å². The Bertz CT molecular complexity index is 104. The quantitative estimate of drug-likeness (QED) is 0.646. The molecule has 62 valence electrons. The molecule has 0 saturated carbocycles. The van der Waals surface area contributed by atoms with Crippen LogP contribution in [0.15, 0.2) is 0 Å². The van der Waals surface area contributed by atoms with Crippen LogP contribution in [-0.2, 0) is 4.74 Å². The summed E-state index contributed by atoms with van der Waals surface area (Å²) in [6.07, 6.45) is -4.64.